The number of aromatic nitrogens is 1. The normalized spacial score (nSPS) is 10.7. The van der Waals surface area contributed by atoms with E-state index in [4.69, 9.17) is 4.74 Å². The Morgan fingerprint density at radius 1 is 1.00 bits per heavy atom. The van der Waals surface area contributed by atoms with Crippen molar-refractivity contribution in [3.63, 3.8) is 0 Å². The number of fused-ring (bicyclic) bond motifs is 1. The molecule has 0 spiro atoms. The van der Waals surface area contributed by atoms with Gasteiger partial charge in [0, 0.05) is 29.3 Å². The molecule has 1 aromatic heterocycles. The van der Waals surface area contributed by atoms with Gasteiger partial charge in [-0.15, -0.1) is 0 Å². The summed E-state index contributed by atoms with van der Waals surface area (Å²) in [4.78, 5) is 25.2. The second kappa shape index (κ2) is 8.21. The summed E-state index contributed by atoms with van der Waals surface area (Å²) in [5.41, 5.74) is 2.22. The highest BCUT2D eigenvalue weighted by Gasteiger charge is 2.17. The van der Waals surface area contributed by atoms with Gasteiger partial charge in [0.25, 0.3) is 5.91 Å². The third kappa shape index (κ3) is 3.93. The number of halogens is 1. The third-order valence-corrected chi connectivity index (χ3v) is 4.76. The number of hydrogen-bond acceptors (Lipinski definition) is 3. The highest BCUT2D eigenvalue weighted by molar-refractivity contribution is 6.13. The molecule has 6 heteroatoms. The number of rotatable bonds is 5. The van der Waals surface area contributed by atoms with Crippen LogP contribution in [0.3, 0.4) is 0 Å². The molecule has 4 aromatic rings. The van der Waals surface area contributed by atoms with Crippen molar-refractivity contribution in [2.75, 3.05) is 5.32 Å². The van der Waals surface area contributed by atoms with Gasteiger partial charge in [-0.1, -0.05) is 18.2 Å². The first kappa shape index (κ1) is 19.4. The minimum Gasteiger partial charge on any atom is -0.423 e. The van der Waals surface area contributed by atoms with E-state index < -0.39 is 5.97 Å². The average molecular weight is 402 g/mol. The van der Waals surface area contributed by atoms with Crippen LogP contribution in [0, 0.1) is 5.82 Å². The van der Waals surface area contributed by atoms with Gasteiger partial charge in [0.15, 0.2) is 0 Å². The van der Waals surface area contributed by atoms with Crippen LogP contribution in [0.2, 0.25) is 0 Å². The number of anilines is 1. The zero-order valence-electron chi connectivity index (χ0n) is 16.3. The van der Waals surface area contributed by atoms with Gasteiger partial charge in [0.2, 0.25) is 0 Å². The molecule has 0 saturated carbocycles. The van der Waals surface area contributed by atoms with E-state index in [0.29, 0.717) is 34.5 Å². The van der Waals surface area contributed by atoms with Gasteiger partial charge >= 0.3 is 5.97 Å². The highest BCUT2D eigenvalue weighted by atomic mass is 19.1. The van der Waals surface area contributed by atoms with Gasteiger partial charge in [-0.25, -0.2) is 9.18 Å². The number of aryl methyl sites for hydroxylation is 1. The van der Waals surface area contributed by atoms with E-state index in [9.17, 15) is 14.0 Å². The van der Waals surface area contributed by atoms with E-state index in [1.54, 1.807) is 42.6 Å². The SMILES string of the molecule is CCn1cc(C(=O)Nc2ccc(F)cc2)c2cc(OC(=O)c3ccccc3)ccc21. The molecule has 0 saturated heterocycles. The van der Waals surface area contributed by atoms with Crippen LogP contribution in [-0.4, -0.2) is 16.4 Å². The molecule has 5 nitrogen and oxygen atoms in total. The standard InChI is InChI=1S/C24H19FN2O3/c1-2-27-15-21(23(28)26-18-10-8-17(25)9-11-18)20-14-19(12-13-22(20)27)30-24(29)16-6-4-3-5-7-16/h3-15H,2H2,1H3,(H,26,28). The summed E-state index contributed by atoms with van der Waals surface area (Å²) < 4.78 is 20.6. The second-order valence-corrected chi connectivity index (χ2v) is 6.72. The molecule has 0 atom stereocenters. The summed E-state index contributed by atoms with van der Waals surface area (Å²) in [6.07, 6.45) is 1.76. The zero-order valence-corrected chi connectivity index (χ0v) is 16.3. The van der Waals surface area contributed by atoms with Crippen LogP contribution in [0.25, 0.3) is 10.9 Å². The van der Waals surface area contributed by atoms with E-state index in [0.717, 1.165) is 5.52 Å². The minimum absolute atomic E-state index is 0.328. The van der Waals surface area contributed by atoms with Crippen molar-refractivity contribution in [2.45, 2.75) is 13.5 Å². The van der Waals surface area contributed by atoms with Crippen LogP contribution in [0.4, 0.5) is 10.1 Å². The molecule has 1 N–H and O–H groups in total. The quantitative estimate of drug-likeness (QED) is 0.365. The van der Waals surface area contributed by atoms with E-state index in [1.807, 2.05) is 23.6 Å². The number of hydrogen-bond donors (Lipinski definition) is 1. The molecule has 0 aliphatic carbocycles. The minimum atomic E-state index is -0.470. The van der Waals surface area contributed by atoms with E-state index in [1.165, 1.54) is 24.3 Å². The first-order valence-electron chi connectivity index (χ1n) is 9.52. The fourth-order valence-electron chi connectivity index (χ4n) is 3.25. The highest BCUT2D eigenvalue weighted by Crippen LogP contribution is 2.27. The molecule has 150 valence electrons. The first-order chi connectivity index (χ1) is 14.5. The molecule has 0 unspecified atom stereocenters. The van der Waals surface area contributed by atoms with Gasteiger partial charge in [0.1, 0.15) is 11.6 Å². The predicted molar refractivity (Wildman–Crippen MR) is 113 cm³/mol. The zero-order chi connectivity index (χ0) is 21.1. The van der Waals surface area contributed by atoms with Crippen LogP contribution in [0.1, 0.15) is 27.6 Å². The van der Waals surface area contributed by atoms with Crippen LogP contribution in [0.5, 0.6) is 5.75 Å². The van der Waals surface area contributed by atoms with Crippen molar-refractivity contribution in [1.82, 2.24) is 4.57 Å². The van der Waals surface area contributed by atoms with Crippen molar-refractivity contribution in [1.29, 1.82) is 0 Å². The Balaban J connectivity index is 1.65. The van der Waals surface area contributed by atoms with Crippen LogP contribution >= 0.6 is 0 Å². The van der Waals surface area contributed by atoms with E-state index in [2.05, 4.69) is 5.32 Å². The molecule has 0 aliphatic rings. The summed E-state index contributed by atoms with van der Waals surface area (Å²) in [7, 11) is 0. The van der Waals surface area contributed by atoms with Gasteiger partial charge < -0.3 is 14.6 Å². The monoisotopic (exact) mass is 402 g/mol. The third-order valence-electron chi connectivity index (χ3n) is 4.76. The molecular weight excluding hydrogens is 383 g/mol. The van der Waals surface area contributed by atoms with E-state index >= 15 is 0 Å². The van der Waals surface area contributed by atoms with Crippen LogP contribution < -0.4 is 10.1 Å². The molecule has 1 amide bonds. The summed E-state index contributed by atoms with van der Waals surface area (Å²) in [6, 6.07) is 19.5. The Kier molecular flexibility index (Phi) is 5.30. The Labute approximate surface area is 172 Å². The summed E-state index contributed by atoms with van der Waals surface area (Å²) in [6.45, 7) is 2.65. The smallest absolute Gasteiger partial charge is 0.343 e. The molecule has 0 fully saturated rings. The van der Waals surface area contributed by atoms with Crippen molar-refractivity contribution in [2.24, 2.45) is 0 Å². The average Bonchev–Trinajstić information content (AvgIpc) is 3.14. The first-order valence-corrected chi connectivity index (χ1v) is 9.52. The topological polar surface area (TPSA) is 60.3 Å². The maximum absolute atomic E-state index is 13.1. The van der Waals surface area contributed by atoms with Crippen molar-refractivity contribution < 1.29 is 18.7 Å². The second-order valence-electron chi connectivity index (χ2n) is 6.72. The molecule has 0 radical (unpaired) electrons. The van der Waals surface area contributed by atoms with Gasteiger partial charge in [0.05, 0.1) is 11.1 Å². The number of carbonyl (C=O) groups is 2. The molecule has 0 bridgehead atoms. The Morgan fingerprint density at radius 3 is 2.43 bits per heavy atom. The Morgan fingerprint density at radius 2 is 1.73 bits per heavy atom. The molecule has 1 heterocycles. The summed E-state index contributed by atoms with van der Waals surface area (Å²) in [5, 5.41) is 3.44. The number of esters is 1. The Bertz CT molecular complexity index is 1210. The molecule has 0 aliphatic heterocycles. The number of nitrogens with zero attached hydrogens (tertiary/aromatic N) is 1. The Hall–Kier alpha value is -3.93. The number of ether oxygens (including phenoxy) is 1. The number of amides is 1. The molecule has 4 rings (SSSR count). The lowest BCUT2D eigenvalue weighted by molar-refractivity contribution is 0.0735. The summed E-state index contributed by atoms with van der Waals surface area (Å²) >= 11 is 0. The molecular formula is C24H19FN2O3. The van der Waals surface area contributed by atoms with Gasteiger partial charge in [-0.05, 0) is 61.5 Å². The number of carbonyl (C=O) groups excluding carboxylic acids is 2. The lowest BCUT2D eigenvalue weighted by Gasteiger charge is -2.07. The lowest BCUT2D eigenvalue weighted by Crippen LogP contribution is -2.11. The number of nitrogens with one attached hydrogen (secondary N) is 1. The molecule has 3 aromatic carbocycles. The van der Waals surface area contributed by atoms with Crippen molar-refractivity contribution in [3.05, 3.63) is 95.9 Å². The lowest BCUT2D eigenvalue weighted by atomic mass is 10.1. The van der Waals surface area contributed by atoms with Crippen LogP contribution in [-0.2, 0) is 6.54 Å². The largest absolute Gasteiger partial charge is 0.423 e. The predicted octanol–water partition coefficient (Wildman–Crippen LogP) is 5.27. The van der Waals surface area contributed by atoms with Gasteiger partial charge in [-0.3, -0.25) is 4.79 Å². The number of benzene rings is 3. The molecule has 30 heavy (non-hydrogen) atoms. The maximum Gasteiger partial charge on any atom is 0.343 e. The summed E-state index contributed by atoms with van der Waals surface area (Å²) in [5.74, 6) is -0.825. The fraction of sp³-hybridized carbons (Fsp3) is 0.0833. The van der Waals surface area contributed by atoms with Crippen LogP contribution in [0.15, 0.2) is 79.0 Å². The van der Waals surface area contributed by atoms with Crippen molar-refractivity contribution in [3.8, 4) is 5.75 Å². The maximum atomic E-state index is 13.1. The van der Waals surface area contributed by atoms with Crippen molar-refractivity contribution >= 4 is 28.5 Å². The van der Waals surface area contributed by atoms with E-state index in [-0.39, 0.29) is 11.7 Å². The van der Waals surface area contributed by atoms with Gasteiger partial charge in [-0.2, -0.15) is 0 Å². The fourth-order valence-corrected chi connectivity index (χ4v) is 3.25.